The third-order valence-corrected chi connectivity index (χ3v) is 11.6. The number of hydrogen-bond donors (Lipinski definition) is 3. The molecule has 59 heavy (non-hydrogen) atoms. The van der Waals surface area contributed by atoms with Crippen LogP contribution >= 0.6 is 7.82 Å². The van der Waals surface area contributed by atoms with Gasteiger partial charge in [0.15, 0.2) is 0 Å². The zero-order valence-electron chi connectivity index (χ0n) is 38.2. The molecule has 0 saturated heterocycles. The lowest BCUT2D eigenvalue weighted by molar-refractivity contribution is -0.147. The lowest BCUT2D eigenvalue weighted by atomic mass is 10.0. The number of amides is 1. The first-order valence-corrected chi connectivity index (χ1v) is 26.0. The molecule has 0 aromatic carbocycles. The number of aliphatic hydroxyl groups excluding tert-OH is 1. The molecule has 0 aliphatic heterocycles. The van der Waals surface area contributed by atoms with E-state index in [0.29, 0.717) is 12.8 Å². The van der Waals surface area contributed by atoms with Crippen LogP contribution in [0.5, 0.6) is 0 Å². The maximum absolute atomic E-state index is 12.1. The predicted octanol–water partition coefficient (Wildman–Crippen LogP) is 14.1. The number of rotatable bonds is 46. The fourth-order valence-corrected chi connectivity index (χ4v) is 7.68. The van der Waals surface area contributed by atoms with Crippen LogP contribution in [0.4, 0.5) is 0 Å². The second kappa shape index (κ2) is 45.7. The molecule has 346 valence electrons. The van der Waals surface area contributed by atoms with Crippen molar-refractivity contribution in [2.45, 2.75) is 238 Å². The number of allylic oxidation sites excluding steroid dienone is 6. The van der Waals surface area contributed by atoms with Crippen LogP contribution < -0.4 is 5.32 Å². The van der Waals surface area contributed by atoms with Crippen LogP contribution in [0.2, 0.25) is 0 Å². The van der Waals surface area contributed by atoms with E-state index < -0.39 is 26.5 Å². The molecule has 0 aromatic heterocycles. The smallest absolute Gasteiger partial charge is 0.463 e. The Labute approximate surface area is 363 Å². The molecule has 1 amide bonds. The van der Waals surface area contributed by atoms with E-state index in [1.165, 1.54) is 128 Å². The second-order valence-corrected chi connectivity index (χ2v) is 17.9. The van der Waals surface area contributed by atoms with Gasteiger partial charge in [-0.05, 0) is 44.9 Å². The average Bonchev–Trinajstić information content (AvgIpc) is 3.22. The van der Waals surface area contributed by atoms with Crippen molar-refractivity contribution in [3.05, 3.63) is 36.5 Å². The summed E-state index contributed by atoms with van der Waals surface area (Å²) in [6.07, 6.45) is 52.3. The van der Waals surface area contributed by atoms with E-state index >= 15 is 0 Å². The third kappa shape index (κ3) is 47.1. The molecule has 0 saturated carbocycles. The van der Waals surface area contributed by atoms with Gasteiger partial charge in [0, 0.05) is 19.4 Å². The standard InChI is InChI=1S/C49H92NO8P/c1-3-5-7-9-11-13-15-17-19-20-21-22-23-24-25-26-28-29-31-33-35-37-39-41-48(52)50-43-44-57-59(54,55)58-46-47(51)45-56-49(53)42-40-38-36-34-32-30-27-18-16-14-12-10-8-6-4-2/h6,8,12,14,18,27,47,51H,3-5,7,9-11,13,15-17,19-26,28-46H2,1-2H3,(H,50,52)(H,54,55)/b8-6-,14-12-,27-18-. The Kier molecular flexibility index (Phi) is 44.4. The summed E-state index contributed by atoms with van der Waals surface area (Å²) in [6.45, 7) is 3.45. The number of esters is 1. The molecule has 0 aliphatic rings. The number of aliphatic hydroxyl groups is 1. The van der Waals surface area contributed by atoms with Crippen molar-refractivity contribution in [2.75, 3.05) is 26.4 Å². The second-order valence-electron chi connectivity index (χ2n) is 16.4. The summed E-state index contributed by atoms with van der Waals surface area (Å²) in [5.41, 5.74) is 0. The Balaban J connectivity index is 3.53. The van der Waals surface area contributed by atoms with Gasteiger partial charge in [-0.2, -0.15) is 0 Å². The van der Waals surface area contributed by atoms with Crippen LogP contribution in [0.15, 0.2) is 36.5 Å². The molecular weight excluding hydrogens is 762 g/mol. The molecule has 0 radical (unpaired) electrons. The molecule has 0 heterocycles. The van der Waals surface area contributed by atoms with Crippen molar-refractivity contribution >= 4 is 19.7 Å². The minimum Gasteiger partial charge on any atom is -0.463 e. The third-order valence-electron chi connectivity index (χ3n) is 10.6. The van der Waals surface area contributed by atoms with E-state index in [1.807, 2.05) is 0 Å². The number of carbonyl (C=O) groups is 2. The molecule has 2 unspecified atom stereocenters. The topological polar surface area (TPSA) is 131 Å². The largest absolute Gasteiger partial charge is 0.472 e. The van der Waals surface area contributed by atoms with Gasteiger partial charge in [0.25, 0.3) is 0 Å². The Hall–Kier alpha value is -1.77. The van der Waals surface area contributed by atoms with Gasteiger partial charge in [-0.25, -0.2) is 4.57 Å². The summed E-state index contributed by atoms with van der Waals surface area (Å²) in [5.74, 6) is -0.526. The summed E-state index contributed by atoms with van der Waals surface area (Å²) in [7, 11) is -4.42. The van der Waals surface area contributed by atoms with Crippen LogP contribution in [0.1, 0.15) is 232 Å². The van der Waals surface area contributed by atoms with Crippen LogP contribution in [-0.4, -0.2) is 54.3 Å². The molecule has 2 atom stereocenters. The van der Waals surface area contributed by atoms with Gasteiger partial charge < -0.3 is 20.1 Å². The van der Waals surface area contributed by atoms with E-state index in [9.17, 15) is 24.2 Å². The lowest BCUT2D eigenvalue weighted by Crippen LogP contribution is -2.27. The molecule has 0 aromatic rings. The number of ether oxygens (including phenoxy) is 1. The molecule has 0 spiro atoms. The van der Waals surface area contributed by atoms with Gasteiger partial charge in [0.1, 0.15) is 12.7 Å². The van der Waals surface area contributed by atoms with E-state index in [-0.39, 0.29) is 32.1 Å². The number of nitrogens with one attached hydrogen (secondary N) is 1. The summed E-state index contributed by atoms with van der Waals surface area (Å²) in [4.78, 5) is 34.0. The molecular formula is C49H92NO8P. The van der Waals surface area contributed by atoms with Crippen molar-refractivity contribution in [2.24, 2.45) is 0 Å². The number of phosphoric acid groups is 1. The first-order chi connectivity index (χ1) is 28.8. The molecule has 0 rings (SSSR count). The summed E-state index contributed by atoms with van der Waals surface area (Å²) >= 11 is 0. The lowest BCUT2D eigenvalue weighted by Gasteiger charge is -2.15. The van der Waals surface area contributed by atoms with E-state index in [4.69, 9.17) is 13.8 Å². The Bertz CT molecular complexity index is 1060. The van der Waals surface area contributed by atoms with E-state index in [1.54, 1.807) is 0 Å². The van der Waals surface area contributed by atoms with Gasteiger partial charge in [0.2, 0.25) is 5.91 Å². The van der Waals surface area contributed by atoms with Crippen LogP contribution in [-0.2, 0) is 27.9 Å². The quantitative estimate of drug-likeness (QED) is 0.0239. The predicted molar refractivity (Wildman–Crippen MR) is 247 cm³/mol. The van der Waals surface area contributed by atoms with Gasteiger partial charge in [0.05, 0.1) is 13.2 Å². The summed E-state index contributed by atoms with van der Waals surface area (Å²) in [5, 5.41) is 12.7. The number of phosphoric ester groups is 1. The Morgan fingerprint density at radius 2 is 0.966 bits per heavy atom. The van der Waals surface area contributed by atoms with Crippen LogP contribution in [0, 0.1) is 0 Å². The number of carbonyl (C=O) groups excluding carboxylic acids is 2. The Morgan fingerprint density at radius 3 is 1.46 bits per heavy atom. The molecule has 0 aliphatic carbocycles. The summed E-state index contributed by atoms with van der Waals surface area (Å²) in [6, 6.07) is 0. The van der Waals surface area contributed by atoms with Gasteiger partial charge in [-0.15, -0.1) is 0 Å². The highest BCUT2D eigenvalue weighted by Gasteiger charge is 2.23. The van der Waals surface area contributed by atoms with Crippen molar-refractivity contribution in [3.8, 4) is 0 Å². The fraction of sp³-hybridized carbons (Fsp3) is 0.837. The monoisotopic (exact) mass is 854 g/mol. The highest BCUT2D eigenvalue weighted by Crippen LogP contribution is 2.42. The minimum absolute atomic E-state index is 0.0821. The molecule has 3 N–H and O–H groups in total. The molecule has 9 nitrogen and oxygen atoms in total. The first-order valence-electron chi connectivity index (χ1n) is 24.5. The van der Waals surface area contributed by atoms with Crippen molar-refractivity contribution in [1.29, 1.82) is 0 Å². The number of unbranched alkanes of at least 4 members (excludes halogenated alkanes) is 27. The van der Waals surface area contributed by atoms with Crippen molar-refractivity contribution < 1.29 is 37.9 Å². The van der Waals surface area contributed by atoms with Crippen molar-refractivity contribution in [1.82, 2.24) is 5.32 Å². The Morgan fingerprint density at radius 1 is 0.542 bits per heavy atom. The van der Waals surface area contributed by atoms with Gasteiger partial charge in [-0.1, -0.05) is 211 Å². The van der Waals surface area contributed by atoms with Crippen LogP contribution in [0.25, 0.3) is 0 Å². The highest BCUT2D eigenvalue weighted by atomic mass is 31.2. The van der Waals surface area contributed by atoms with Crippen molar-refractivity contribution in [3.63, 3.8) is 0 Å². The normalized spacial score (nSPS) is 13.5. The number of hydrogen-bond acceptors (Lipinski definition) is 7. The van der Waals surface area contributed by atoms with Gasteiger partial charge in [-0.3, -0.25) is 18.6 Å². The maximum atomic E-state index is 12.1. The average molecular weight is 854 g/mol. The molecule has 0 bridgehead atoms. The maximum Gasteiger partial charge on any atom is 0.472 e. The zero-order valence-corrected chi connectivity index (χ0v) is 39.1. The van der Waals surface area contributed by atoms with Gasteiger partial charge >= 0.3 is 13.8 Å². The molecule has 0 fully saturated rings. The minimum atomic E-state index is -4.42. The van der Waals surface area contributed by atoms with Crippen LogP contribution in [0.3, 0.4) is 0 Å². The summed E-state index contributed by atoms with van der Waals surface area (Å²) < 4.78 is 26.9. The highest BCUT2D eigenvalue weighted by molar-refractivity contribution is 7.47. The zero-order chi connectivity index (χ0) is 43.2. The fourth-order valence-electron chi connectivity index (χ4n) is 6.93. The SMILES string of the molecule is CC/C=C\C/C=C\C/C=C\CCCCCCCC(=O)OCC(O)COP(=O)(O)OCCNC(=O)CCCCCCCCCCCCCCCCCCCCCCCCC. The molecule has 10 heteroatoms. The first kappa shape index (κ1) is 57.2. The van der Waals surface area contributed by atoms with E-state index in [2.05, 4.69) is 55.6 Å². The van der Waals surface area contributed by atoms with E-state index in [0.717, 1.165) is 70.6 Å².